The van der Waals surface area contributed by atoms with Crippen molar-refractivity contribution in [3.8, 4) is 5.75 Å². The molecule has 3 aromatic carbocycles. The second-order valence-electron chi connectivity index (χ2n) is 8.13. The van der Waals surface area contributed by atoms with Crippen molar-refractivity contribution in [1.82, 2.24) is 5.32 Å². The number of fused-ring (bicyclic) bond motifs is 1. The lowest BCUT2D eigenvalue weighted by Gasteiger charge is -2.37. The molecule has 2 N–H and O–H groups in total. The molecule has 31 heavy (non-hydrogen) atoms. The number of carbonyl (C=O) groups is 1. The third-order valence-corrected chi connectivity index (χ3v) is 6.53. The predicted octanol–water partition coefficient (Wildman–Crippen LogP) is 4.52. The van der Waals surface area contributed by atoms with Crippen molar-refractivity contribution in [1.29, 1.82) is 0 Å². The molecule has 1 heterocycles. The van der Waals surface area contributed by atoms with Gasteiger partial charge in [0.1, 0.15) is 11.4 Å². The minimum absolute atomic E-state index is 0.177. The van der Waals surface area contributed by atoms with Gasteiger partial charge in [-0.25, -0.2) is 8.42 Å². The van der Waals surface area contributed by atoms with E-state index >= 15 is 0 Å². The van der Waals surface area contributed by atoms with E-state index in [9.17, 15) is 13.2 Å². The summed E-state index contributed by atoms with van der Waals surface area (Å²) in [6, 6.07) is 22.0. The first-order valence-electron chi connectivity index (χ1n) is 10.0. The third kappa shape index (κ3) is 4.72. The van der Waals surface area contributed by atoms with Gasteiger partial charge in [0.2, 0.25) is 0 Å². The van der Waals surface area contributed by atoms with Crippen LogP contribution in [0.2, 0.25) is 0 Å². The summed E-state index contributed by atoms with van der Waals surface area (Å²) >= 11 is 0. The molecule has 4 rings (SSSR count). The topological polar surface area (TPSA) is 84.5 Å². The molecule has 0 saturated heterocycles. The molecule has 0 aromatic heterocycles. The van der Waals surface area contributed by atoms with Gasteiger partial charge < -0.3 is 10.1 Å². The third-order valence-electron chi connectivity index (χ3n) is 5.13. The maximum Gasteiger partial charge on any atom is 0.261 e. The first kappa shape index (κ1) is 20.9. The number of anilines is 1. The van der Waals surface area contributed by atoms with E-state index in [-0.39, 0.29) is 16.8 Å². The highest BCUT2D eigenvalue weighted by atomic mass is 32.2. The Hall–Kier alpha value is -3.32. The lowest BCUT2D eigenvalue weighted by Crippen LogP contribution is -2.41. The Labute approximate surface area is 182 Å². The Kier molecular flexibility index (Phi) is 5.45. The minimum atomic E-state index is -3.68. The first-order chi connectivity index (χ1) is 14.7. The lowest BCUT2D eigenvalue weighted by molar-refractivity contribution is 0.0619. The highest BCUT2D eigenvalue weighted by molar-refractivity contribution is 7.92. The Morgan fingerprint density at radius 3 is 2.29 bits per heavy atom. The van der Waals surface area contributed by atoms with Crippen LogP contribution in [-0.4, -0.2) is 19.9 Å². The monoisotopic (exact) mass is 436 g/mol. The molecule has 1 atom stereocenters. The summed E-state index contributed by atoms with van der Waals surface area (Å²) in [6.07, 6.45) is 0.644. The fraction of sp³-hybridized carbons (Fsp3) is 0.208. The second kappa shape index (κ2) is 8.07. The smallest absolute Gasteiger partial charge is 0.261 e. The fourth-order valence-corrected chi connectivity index (χ4v) is 4.76. The molecule has 7 heteroatoms. The van der Waals surface area contributed by atoms with Crippen LogP contribution in [0.3, 0.4) is 0 Å². The Morgan fingerprint density at radius 2 is 1.58 bits per heavy atom. The highest BCUT2D eigenvalue weighted by Crippen LogP contribution is 2.39. The molecule has 0 aliphatic carbocycles. The molecule has 1 aliphatic rings. The summed E-state index contributed by atoms with van der Waals surface area (Å²) in [7, 11) is -3.68. The molecule has 0 fully saturated rings. The molecular weight excluding hydrogens is 412 g/mol. The van der Waals surface area contributed by atoms with Gasteiger partial charge in [0.25, 0.3) is 15.9 Å². The Bertz CT molecular complexity index is 1190. The molecular formula is C24H24N2O4S. The molecule has 1 aliphatic heterocycles. The summed E-state index contributed by atoms with van der Waals surface area (Å²) < 4.78 is 33.5. The molecule has 0 saturated carbocycles. The van der Waals surface area contributed by atoms with E-state index in [0.717, 1.165) is 11.3 Å². The van der Waals surface area contributed by atoms with Crippen molar-refractivity contribution in [2.45, 2.75) is 36.8 Å². The van der Waals surface area contributed by atoms with Crippen molar-refractivity contribution in [2.24, 2.45) is 0 Å². The second-order valence-corrected chi connectivity index (χ2v) is 9.81. The van der Waals surface area contributed by atoms with Crippen LogP contribution < -0.4 is 14.8 Å². The zero-order valence-electron chi connectivity index (χ0n) is 17.3. The van der Waals surface area contributed by atoms with E-state index in [4.69, 9.17) is 4.74 Å². The highest BCUT2D eigenvalue weighted by Gasteiger charge is 2.34. The van der Waals surface area contributed by atoms with Crippen LogP contribution >= 0.6 is 0 Å². The van der Waals surface area contributed by atoms with Crippen molar-refractivity contribution >= 4 is 21.6 Å². The Morgan fingerprint density at radius 1 is 0.935 bits per heavy atom. The maximum atomic E-state index is 12.9. The van der Waals surface area contributed by atoms with Crippen molar-refractivity contribution < 1.29 is 17.9 Å². The van der Waals surface area contributed by atoms with Crippen LogP contribution in [0, 0.1) is 0 Å². The van der Waals surface area contributed by atoms with Gasteiger partial charge in [0, 0.05) is 23.2 Å². The van der Waals surface area contributed by atoms with Gasteiger partial charge in [0.15, 0.2) is 0 Å². The van der Waals surface area contributed by atoms with E-state index in [1.165, 1.54) is 12.1 Å². The standard InChI is InChI=1S/C24H24N2O4S/c1-24(2)16-21(20-10-6-7-11-22(20)30-24)25-23(27)17-12-14-18(15-13-17)26-31(28,29)19-8-4-3-5-9-19/h3-15,21,26H,16H2,1-2H3,(H,25,27)/t21-/m1/s1. The van der Waals surface area contributed by atoms with Crippen molar-refractivity contribution in [3.05, 3.63) is 90.0 Å². The van der Waals surface area contributed by atoms with Gasteiger partial charge >= 0.3 is 0 Å². The summed E-state index contributed by atoms with van der Waals surface area (Å²) in [5.74, 6) is 0.546. The number of hydrogen-bond donors (Lipinski definition) is 2. The minimum Gasteiger partial charge on any atom is -0.487 e. The quantitative estimate of drug-likeness (QED) is 0.616. The van der Waals surface area contributed by atoms with Crippen LogP contribution in [0.25, 0.3) is 0 Å². The van der Waals surface area contributed by atoms with Gasteiger partial charge in [-0.05, 0) is 56.3 Å². The molecule has 0 radical (unpaired) electrons. The average Bonchev–Trinajstić information content (AvgIpc) is 2.74. The molecule has 0 bridgehead atoms. The number of para-hydroxylation sites is 1. The van der Waals surface area contributed by atoms with Gasteiger partial charge in [0.05, 0.1) is 10.9 Å². The number of benzene rings is 3. The number of sulfonamides is 1. The summed E-state index contributed by atoms with van der Waals surface area (Å²) in [5, 5.41) is 3.08. The zero-order valence-corrected chi connectivity index (χ0v) is 18.1. The normalized spacial score (nSPS) is 17.2. The first-order valence-corrected chi connectivity index (χ1v) is 11.5. The van der Waals surface area contributed by atoms with E-state index in [0.29, 0.717) is 17.7 Å². The van der Waals surface area contributed by atoms with Crippen LogP contribution in [0.5, 0.6) is 5.75 Å². The molecule has 1 amide bonds. The average molecular weight is 437 g/mol. The number of carbonyl (C=O) groups excluding carboxylic acids is 1. The number of hydrogen-bond acceptors (Lipinski definition) is 4. The summed E-state index contributed by atoms with van der Waals surface area (Å²) in [5.41, 5.74) is 1.39. The summed E-state index contributed by atoms with van der Waals surface area (Å²) in [6.45, 7) is 3.99. The van der Waals surface area contributed by atoms with Crippen molar-refractivity contribution in [2.75, 3.05) is 4.72 Å². The largest absolute Gasteiger partial charge is 0.487 e. The molecule has 6 nitrogen and oxygen atoms in total. The SMILES string of the molecule is CC1(C)C[C@@H](NC(=O)c2ccc(NS(=O)(=O)c3ccccc3)cc2)c2ccccc2O1. The van der Waals surface area contributed by atoms with E-state index in [1.807, 2.05) is 38.1 Å². The predicted molar refractivity (Wildman–Crippen MR) is 120 cm³/mol. The fourth-order valence-electron chi connectivity index (χ4n) is 3.68. The van der Waals surface area contributed by atoms with Crippen molar-refractivity contribution in [3.63, 3.8) is 0 Å². The van der Waals surface area contributed by atoms with E-state index in [1.54, 1.807) is 42.5 Å². The molecule has 3 aromatic rings. The van der Waals surface area contributed by atoms with Crippen LogP contribution in [0.15, 0.2) is 83.8 Å². The molecule has 0 unspecified atom stereocenters. The van der Waals surface area contributed by atoms with Crippen LogP contribution in [0.1, 0.15) is 42.2 Å². The Balaban J connectivity index is 1.48. The van der Waals surface area contributed by atoms with Crippen LogP contribution in [-0.2, 0) is 10.0 Å². The number of ether oxygens (including phenoxy) is 1. The van der Waals surface area contributed by atoms with Gasteiger partial charge in [-0.1, -0.05) is 36.4 Å². The molecule has 160 valence electrons. The zero-order chi connectivity index (χ0) is 22.1. The number of rotatable bonds is 5. The van der Waals surface area contributed by atoms with Gasteiger partial charge in [-0.3, -0.25) is 9.52 Å². The van der Waals surface area contributed by atoms with Gasteiger partial charge in [-0.2, -0.15) is 0 Å². The lowest BCUT2D eigenvalue weighted by atomic mass is 9.89. The number of nitrogens with one attached hydrogen (secondary N) is 2. The van der Waals surface area contributed by atoms with E-state index in [2.05, 4.69) is 10.0 Å². The molecule has 0 spiro atoms. The van der Waals surface area contributed by atoms with E-state index < -0.39 is 15.6 Å². The summed E-state index contributed by atoms with van der Waals surface area (Å²) in [4.78, 5) is 13.0. The van der Waals surface area contributed by atoms with Gasteiger partial charge in [-0.15, -0.1) is 0 Å². The maximum absolute atomic E-state index is 12.9. The number of amides is 1. The van der Waals surface area contributed by atoms with Crippen LogP contribution in [0.4, 0.5) is 5.69 Å².